The normalized spacial score (nSPS) is 18.7. The molecule has 1 atom stereocenters. The van der Waals surface area contributed by atoms with E-state index in [-0.39, 0.29) is 61.4 Å². The Morgan fingerprint density at radius 1 is 1.07 bits per heavy atom. The van der Waals surface area contributed by atoms with Crippen molar-refractivity contribution in [3.05, 3.63) is 35.4 Å². The van der Waals surface area contributed by atoms with Crippen LogP contribution in [0, 0.1) is 5.92 Å². The second-order valence-electron chi connectivity index (χ2n) is 7.34. The van der Waals surface area contributed by atoms with E-state index in [9.17, 15) is 18.0 Å². The summed E-state index contributed by atoms with van der Waals surface area (Å²) in [7, 11) is -3.52. The van der Waals surface area contributed by atoms with Crippen molar-refractivity contribution in [3.8, 4) is 0 Å². The number of rotatable bonds is 8. The minimum Gasteiger partial charge on any atom is -0.329 e. The van der Waals surface area contributed by atoms with Gasteiger partial charge >= 0.3 is 0 Å². The maximum absolute atomic E-state index is 12.4. The Morgan fingerprint density at radius 2 is 1.64 bits per heavy atom. The zero-order valence-corrected chi connectivity index (χ0v) is 17.4. The first-order valence-electron chi connectivity index (χ1n) is 9.58. The van der Waals surface area contributed by atoms with Crippen LogP contribution in [-0.4, -0.2) is 50.0 Å². The van der Waals surface area contributed by atoms with Gasteiger partial charge in [0, 0.05) is 19.1 Å². The van der Waals surface area contributed by atoms with Crippen LogP contribution in [-0.2, 0) is 10.0 Å². The Hall–Kier alpha value is -1.48. The first-order chi connectivity index (χ1) is 12.9. The smallest absolute Gasteiger partial charge is 0.261 e. The second-order valence-corrected chi connectivity index (χ2v) is 9.21. The minimum atomic E-state index is -3.52. The van der Waals surface area contributed by atoms with Gasteiger partial charge in [-0.25, -0.2) is 13.1 Å². The number of benzene rings is 1. The number of imide groups is 1. The number of halogens is 1. The number of carbonyl (C=O) groups is 2. The average molecular weight is 430 g/mol. The highest BCUT2D eigenvalue weighted by molar-refractivity contribution is 7.89. The summed E-state index contributed by atoms with van der Waals surface area (Å²) in [6.07, 6.45) is 5.62. The number of nitrogens with two attached hydrogens (primary N) is 1. The number of fused-ring (bicyclic) bond motifs is 1. The van der Waals surface area contributed by atoms with E-state index in [0.29, 0.717) is 11.1 Å². The van der Waals surface area contributed by atoms with E-state index >= 15 is 0 Å². The number of nitrogens with zero attached hydrogens (tertiary/aromatic N) is 1. The van der Waals surface area contributed by atoms with Crippen LogP contribution in [0.4, 0.5) is 0 Å². The van der Waals surface area contributed by atoms with Crippen LogP contribution in [0.5, 0.6) is 0 Å². The summed E-state index contributed by atoms with van der Waals surface area (Å²) < 4.78 is 27.6. The molecule has 28 heavy (non-hydrogen) atoms. The fourth-order valence-electron chi connectivity index (χ4n) is 4.02. The molecule has 1 aromatic rings. The summed E-state index contributed by atoms with van der Waals surface area (Å²) in [5.41, 5.74) is 6.56. The van der Waals surface area contributed by atoms with Crippen molar-refractivity contribution in [2.75, 3.05) is 18.8 Å². The lowest BCUT2D eigenvalue weighted by atomic mass is 9.84. The molecule has 3 N–H and O–H groups in total. The molecule has 156 valence electrons. The molecule has 0 spiro atoms. The molecule has 1 aliphatic heterocycles. The number of sulfonamides is 1. The van der Waals surface area contributed by atoms with Crippen molar-refractivity contribution in [2.24, 2.45) is 11.7 Å². The first kappa shape index (κ1) is 22.8. The monoisotopic (exact) mass is 429 g/mol. The zero-order chi connectivity index (χ0) is 19.4. The molecule has 1 aromatic carbocycles. The molecule has 0 bridgehead atoms. The van der Waals surface area contributed by atoms with Gasteiger partial charge in [-0.2, -0.15) is 0 Å². The van der Waals surface area contributed by atoms with Crippen molar-refractivity contribution < 1.29 is 18.0 Å². The maximum Gasteiger partial charge on any atom is 0.261 e. The summed E-state index contributed by atoms with van der Waals surface area (Å²) in [5.74, 6) is -0.565. The molecule has 1 unspecified atom stereocenters. The minimum absolute atomic E-state index is 0. The summed E-state index contributed by atoms with van der Waals surface area (Å²) in [6, 6.07) is 6.41. The van der Waals surface area contributed by atoms with Crippen LogP contribution in [0.2, 0.25) is 0 Å². The van der Waals surface area contributed by atoms with Crippen LogP contribution in [0.15, 0.2) is 24.3 Å². The number of nitrogens with one attached hydrogen (secondary N) is 1. The Labute approximate surface area is 172 Å². The topological polar surface area (TPSA) is 110 Å². The molecular weight excluding hydrogens is 402 g/mol. The van der Waals surface area contributed by atoms with Crippen LogP contribution in [0.3, 0.4) is 0 Å². The van der Waals surface area contributed by atoms with Crippen LogP contribution >= 0.6 is 12.4 Å². The van der Waals surface area contributed by atoms with E-state index in [1.165, 1.54) is 6.42 Å². The molecule has 1 heterocycles. The Morgan fingerprint density at radius 3 is 2.18 bits per heavy atom. The lowest BCUT2D eigenvalue weighted by molar-refractivity contribution is 0.0654. The Bertz CT molecular complexity index is 774. The van der Waals surface area contributed by atoms with Gasteiger partial charge in [0.1, 0.15) is 0 Å². The fourth-order valence-corrected chi connectivity index (χ4v) is 5.39. The molecule has 1 fully saturated rings. The van der Waals surface area contributed by atoms with E-state index in [2.05, 4.69) is 4.72 Å². The molecule has 0 radical (unpaired) electrons. The Balaban J connectivity index is 0.00000280. The van der Waals surface area contributed by atoms with Gasteiger partial charge in [0.05, 0.1) is 16.9 Å². The molecule has 2 amide bonds. The highest BCUT2D eigenvalue weighted by Crippen LogP contribution is 2.26. The third kappa shape index (κ3) is 5.11. The first-order valence-corrected chi connectivity index (χ1v) is 11.2. The molecule has 9 heteroatoms. The van der Waals surface area contributed by atoms with Crippen molar-refractivity contribution >= 4 is 34.2 Å². The Kier molecular flexibility index (Phi) is 8.00. The molecule has 3 rings (SSSR count). The predicted octanol–water partition coefficient (Wildman–Crippen LogP) is 1.92. The molecular formula is C19H28ClN3O4S. The summed E-state index contributed by atoms with van der Waals surface area (Å²) >= 11 is 0. The van der Waals surface area contributed by atoms with Crippen molar-refractivity contribution in [2.45, 2.75) is 44.6 Å². The van der Waals surface area contributed by atoms with Gasteiger partial charge in [-0.3, -0.25) is 14.5 Å². The maximum atomic E-state index is 12.4. The fraction of sp³-hybridized carbons (Fsp3) is 0.579. The molecule has 1 saturated carbocycles. The van der Waals surface area contributed by atoms with Gasteiger partial charge in [-0.15, -0.1) is 12.4 Å². The number of hydrogen-bond acceptors (Lipinski definition) is 5. The molecule has 2 aliphatic rings. The van der Waals surface area contributed by atoms with Crippen LogP contribution in [0.1, 0.15) is 59.2 Å². The molecule has 0 saturated heterocycles. The highest BCUT2D eigenvalue weighted by atomic mass is 35.5. The largest absolute Gasteiger partial charge is 0.329 e. The van der Waals surface area contributed by atoms with E-state index in [1.807, 2.05) is 0 Å². The zero-order valence-electron chi connectivity index (χ0n) is 15.8. The summed E-state index contributed by atoms with van der Waals surface area (Å²) in [6.45, 7) is 0.367. The summed E-state index contributed by atoms with van der Waals surface area (Å²) in [5, 5.41) is 0. The summed E-state index contributed by atoms with van der Waals surface area (Å²) in [4.78, 5) is 25.8. The van der Waals surface area contributed by atoms with Crippen LogP contribution in [0.25, 0.3) is 0 Å². The van der Waals surface area contributed by atoms with Gasteiger partial charge in [0.15, 0.2) is 0 Å². The van der Waals surface area contributed by atoms with Crippen LogP contribution < -0.4 is 10.5 Å². The van der Waals surface area contributed by atoms with Gasteiger partial charge in [-0.1, -0.05) is 31.4 Å². The van der Waals surface area contributed by atoms with Gasteiger partial charge in [0.25, 0.3) is 11.8 Å². The molecule has 0 aromatic heterocycles. The van der Waals surface area contributed by atoms with Gasteiger partial charge in [-0.05, 0) is 37.3 Å². The van der Waals surface area contributed by atoms with Gasteiger partial charge < -0.3 is 5.73 Å². The lowest BCUT2D eigenvalue weighted by Gasteiger charge is -2.29. The van der Waals surface area contributed by atoms with E-state index in [4.69, 9.17) is 5.73 Å². The number of hydrogen-bond donors (Lipinski definition) is 2. The lowest BCUT2D eigenvalue weighted by Crippen LogP contribution is -2.46. The standard InChI is InChI=1S/C19H27N3O4S.ClH/c20-13-17(14-7-2-1-3-8-14)21-27(25,26)12-6-11-22-18(23)15-9-4-5-10-16(15)19(22)24;/h4-5,9-10,14,17,21H,1-3,6-8,11-13,20H2;1H. The third-order valence-electron chi connectivity index (χ3n) is 5.48. The van der Waals surface area contributed by atoms with E-state index in [1.54, 1.807) is 24.3 Å². The van der Waals surface area contributed by atoms with E-state index in [0.717, 1.165) is 30.6 Å². The third-order valence-corrected chi connectivity index (χ3v) is 6.96. The predicted molar refractivity (Wildman–Crippen MR) is 110 cm³/mol. The van der Waals surface area contributed by atoms with Crippen molar-refractivity contribution in [1.82, 2.24) is 9.62 Å². The average Bonchev–Trinajstić information content (AvgIpc) is 2.92. The van der Waals surface area contributed by atoms with Gasteiger partial charge in [0.2, 0.25) is 10.0 Å². The van der Waals surface area contributed by atoms with E-state index < -0.39 is 10.0 Å². The SMILES string of the molecule is Cl.NCC(NS(=O)(=O)CCCN1C(=O)c2ccccc2C1=O)C1CCCCC1. The second kappa shape index (κ2) is 9.82. The molecule has 1 aliphatic carbocycles. The number of amides is 2. The number of carbonyl (C=O) groups excluding carboxylic acids is 2. The van der Waals surface area contributed by atoms with Crippen molar-refractivity contribution in [1.29, 1.82) is 0 Å². The molecule has 7 nitrogen and oxygen atoms in total. The quantitative estimate of drug-likeness (QED) is 0.613. The van der Waals surface area contributed by atoms with Crippen molar-refractivity contribution in [3.63, 3.8) is 0 Å². The highest BCUT2D eigenvalue weighted by Gasteiger charge is 2.35.